The smallest absolute Gasteiger partial charge is 0.414 e. The average molecular weight is 527 g/mol. The molecule has 0 radical (unpaired) electrons. The molecule has 0 aromatic carbocycles. The molecule has 38 heavy (non-hydrogen) atoms. The van der Waals surface area contributed by atoms with Gasteiger partial charge < -0.3 is 14.7 Å². The maximum Gasteiger partial charge on any atom is 0.414 e. The highest BCUT2D eigenvalue weighted by Crippen LogP contribution is 2.63. The van der Waals surface area contributed by atoms with Gasteiger partial charge in [-0.1, -0.05) is 27.7 Å². The van der Waals surface area contributed by atoms with E-state index in [0.29, 0.717) is 37.5 Å². The molecule has 5 fully saturated rings. The standard InChI is InChI=1S/C31H46N2O5/c1-6-7-10-29(4)15-25(38-28(37)32-27(36)23-17-33-12-9-21(23)16-33)30(5)18-31(20(3)26(29)35)11-8-24(34)22(14-31)13-19(30)2/h19-23,25-26,35H,8-18H2,1-5H3,(H,32,36,37)/t19-,20+,21-,22?,23+,25-,26+,29-,30+,31?/m1/s1. The highest BCUT2D eigenvalue weighted by atomic mass is 16.6. The Bertz CT molecular complexity index is 1050. The van der Waals surface area contributed by atoms with E-state index in [1.54, 1.807) is 6.92 Å². The van der Waals surface area contributed by atoms with E-state index < -0.39 is 29.1 Å². The number of aliphatic hydroxyl groups is 1. The van der Waals surface area contributed by atoms with Crippen molar-refractivity contribution in [3.8, 4) is 11.8 Å². The molecule has 3 unspecified atom stereocenters. The zero-order chi connectivity index (χ0) is 27.5. The van der Waals surface area contributed by atoms with Gasteiger partial charge in [-0.05, 0) is 75.2 Å². The molecule has 0 aromatic heterocycles. The molecule has 2 N–H and O–H groups in total. The Kier molecular flexibility index (Phi) is 7.22. The van der Waals surface area contributed by atoms with Gasteiger partial charge in [-0.25, -0.2) is 4.79 Å². The van der Waals surface area contributed by atoms with Crippen LogP contribution in [0.2, 0.25) is 0 Å². The summed E-state index contributed by atoms with van der Waals surface area (Å²) in [6.07, 6.45) is 3.79. The molecule has 5 aliphatic rings. The largest absolute Gasteiger partial charge is 0.445 e. The van der Waals surface area contributed by atoms with Gasteiger partial charge in [0.1, 0.15) is 11.9 Å². The van der Waals surface area contributed by atoms with E-state index in [9.17, 15) is 19.5 Å². The second-order valence-corrected chi connectivity index (χ2v) is 14.0. The van der Waals surface area contributed by atoms with Crippen molar-refractivity contribution >= 4 is 17.8 Å². The first-order valence-electron chi connectivity index (χ1n) is 14.7. The molecule has 2 aliphatic heterocycles. The Labute approximate surface area is 227 Å². The zero-order valence-electron chi connectivity index (χ0n) is 23.8. The number of imide groups is 1. The van der Waals surface area contributed by atoms with E-state index in [1.807, 2.05) is 0 Å². The fourth-order valence-corrected chi connectivity index (χ4v) is 9.09. The molecule has 3 saturated carbocycles. The van der Waals surface area contributed by atoms with Gasteiger partial charge in [-0.2, -0.15) is 0 Å². The molecule has 7 heteroatoms. The number of nitrogens with one attached hydrogen (secondary N) is 1. The number of hydrogen-bond donors (Lipinski definition) is 2. The molecule has 0 aromatic rings. The van der Waals surface area contributed by atoms with Gasteiger partial charge in [-0.15, -0.1) is 11.8 Å². The minimum Gasteiger partial charge on any atom is -0.445 e. The van der Waals surface area contributed by atoms with Crippen LogP contribution in [0, 0.1) is 57.7 Å². The van der Waals surface area contributed by atoms with Crippen LogP contribution in [0.4, 0.5) is 4.79 Å². The first kappa shape index (κ1) is 27.6. The van der Waals surface area contributed by atoms with Gasteiger partial charge in [0.25, 0.3) is 0 Å². The number of aliphatic hydroxyl groups excluding tert-OH is 1. The number of carbonyl (C=O) groups is 3. The second kappa shape index (κ2) is 9.93. The summed E-state index contributed by atoms with van der Waals surface area (Å²) in [5.74, 6) is 6.56. The number of carbonyl (C=O) groups excluding carboxylic acids is 3. The predicted octanol–water partition coefficient (Wildman–Crippen LogP) is 4.17. The van der Waals surface area contributed by atoms with E-state index in [-0.39, 0.29) is 35.0 Å². The molecule has 2 heterocycles. The molecule has 5 rings (SSSR count). The molecule has 210 valence electrons. The van der Waals surface area contributed by atoms with Gasteiger partial charge >= 0.3 is 6.09 Å². The van der Waals surface area contributed by atoms with E-state index in [0.717, 1.165) is 45.2 Å². The van der Waals surface area contributed by atoms with Gasteiger partial charge in [-0.3, -0.25) is 14.9 Å². The summed E-state index contributed by atoms with van der Waals surface area (Å²) in [6.45, 7) is 13.1. The Morgan fingerprint density at radius 2 is 1.97 bits per heavy atom. The van der Waals surface area contributed by atoms with Crippen molar-refractivity contribution in [1.82, 2.24) is 10.2 Å². The van der Waals surface area contributed by atoms with Crippen molar-refractivity contribution in [3.05, 3.63) is 0 Å². The molecule has 1 spiro atoms. The van der Waals surface area contributed by atoms with Crippen LogP contribution < -0.4 is 5.32 Å². The molecule has 3 aliphatic carbocycles. The fraction of sp³-hybridized carbons (Fsp3) is 0.839. The van der Waals surface area contributed by atoms with E-state index in [4.69, 9.17) is 4.74 Å². The summed E-state index contributed by atoms with van der Waals surface area (Å²) in [5.41, 5.74) is -1.19. The van der Waals surface area contributed by atoms with Crippen LogP contribution in [0.15, 0.2) is 0 Å². The Morgan fingerprint density at radius 3 is 2.63 bits per heavy atom. The minimum atomic E-state index is -0.685. The number of hydrogen-bond acceptors (Lipinski definition) is 6. The number of amides is 2. The number of Topliss-reactive ketones (excluding diaryl/α,β-unsaturated/α-hetero) is 1. The predicted molar refractivity (Wildman–Crippen MR) is 144 cm³/mol. The van der Waals surface area contributed by atoms with Gasteiger partial charge in [0.2, 0.25) is 5.91 Å². The van der Waals surface area contributed by atoms with E-state index >= 15 is 0 Å². The van der Waals surface area contributed by atoms with Crippen molar-refractivity contribution in [1.29, 1.82) is 0 Å². The van der Waals surface area contributed by atoms with Crippen LogP contribution >= 0.6 is 0 Å². The third kappa shape index (κ3) is 4.60. The van der Waals surface area contributed by atoms with Crippen molar-refractivity contribution in [2.45, 2.75) is 98.2 Å². The number of ether oxygens (including phenoxy) is 1. The molecular weight excluding hydrogens is 480 g/mol. The first-order chi connectivity index (χ1) is 17.9. The normalized spacial score (nSPS) is 47.7. The number of rotatable bonds is 3. The SMILES string of the molecule is CC#CC[C@]1(C)C[C@@H](OC(=O)NC(=O)[C@H]2CN3CC[C@@H]2C3)[C@@]2(C)CC3(CCC(=O)C(C[C@H]2C)C3)[C@@H](C)[C@@H]1O. The van der Waals surface area contributed by atoms with Crippen LogP contribution in [0.1, 0.15) is 86.0 Å². The van der Waals surface area contributed by atoms with Gasteiger partial charge in [0.15, 0.2) is 0 Å². The number of piperidine rings is 1. The van der Waals surface area contributed by atoms with Crippen LogP contribution in [0.5, 0.6) is 0 Å². The van der Waals surface area contributed by atoms with Crippen molar-refractivity contribution < 1.29 is 24.2 Å². The van der Waals surface area contributed by atoms with Crippen LogP contribution in [0.3, 0.4) is 0 Å². The summed E-state index contributed by atoms with van der Waals surface area (Å²) in [7, 11) is 0. The Morgan fingerprint density at radius 1 is 1.21 bits per heavy atom. The number of fused-ring (bicyclic) bond motifs is 4. The lowest BCUT2D eigenvalue weighted by atomic mass is 9.51. The Balaban J connectivity index is 1.46. The van der Waals surface area contributed by atoms with Crippen LogP contribution in [-0.2, 0) is 14.3 Å². The summed E-state index contributed by atoms with van der Waals surface area (Å²) < 4.78 is 6.25. The molecule has 2 saturated heterocycles. The first-order valence-corrected chi connectivity index (χ1v) is 14.7. The zero-order valence-corrected chi connectivity index (χ0v) is 23.8. The maximum absolute atomic E-state index is 13.3. The quantitative estimate of drug-likeness (QED) is 0.536. The number of ketones is 1. The third-order valence-electron chi connectivity index (χ3n) is 11.8. The minimum absolute atomic E-state index is 0.00414. The van der Waals surface area contributed by atoms with E-state index in [1.165, 1.54) is 0 Å². The lowest BCUT2D eigenvalue weighted by molar-refractivity contribution is -0.152. The fourth-order valence-electron chi connectivity index (χ4n) is 9.09. The molecule has 7 nitrogen and oxygen atoms in total. The third-order valence-corrected chi connectivity index (χ3v) is 11.8. The summed E-state index contributed by atoms with van der Waals surface area (Å²) >= 11 is 0. The summed E-state index contributed by atoms with van der Waals surface area (Å²) in [6, 6.07) is 0. The van der Waals surface area contributed by atoms with E-state index in [2.05, 4.69) is 49.8 Å². The molecule has 2 amide bonds. The monoisotopic (exact) mass is 526 g/mol. The maximum atomic E-state index is 13.3. The lowest BCUT2D eigenvalue weighted by Gasteiger charge is -2.56. The highest BCUT2D eigenvalue weighted by Gasteiger charge is 2.61. The van der Waals surface area contributed by atoms with Crippen molar-refractivity contribution in [3.63, 3.8) is 0 Å². The number of nitrogens with zero attached hydrogens (tertiary/aromatic N) is 1. The Hall–Kier alpha value is -1.91. The van der Waals surface area contributed by atoms with Crippen molar-refractivity contribution in [2.24, 2.45) is 45.8 Å². The summed E-state index contributed by atoms with van der Waals surface area (Å²) in [5, 5.41) is 14.5. The second-order valence-electron chi connectivity index (χ2n) is 14.0. The molecular formula is C31H46N2O5. The molecule has 5 bridgehead atoms. The van der Waals surface area contributed by atoms with Gasteiger partial charge in [0, 0.05) is 42.7 Å². The average Bonchev–Trinajstić information content (AvgIpc) is 3.49. The topological polar surface area (TPSA) is 95.9 Å². The summed E-state index contributed by atoms with van der Waals surface area (Å²) in [4.78, 5) is 41.6. The van der Waals surface area contributed by atoms with Crippen LogP contribution in [-0.4, -0.2) is 59.6 Å². The van der Waals surface area contributed by atoms with Crippen LogP contribution in [0.25, 0.3) is 0 Å². The lowest BCUT2D eigenvalue weighted by Crippen LogP contribution is -2.56. The number of alkyl carbamates (subject to hydrolysis) is 1. The molecule has 11 atom stereocenters. The van der Waals surface area contributed by atoms with Gasteiger partial charge in [0.05, 0.1) is 12.0 Å². The highest BCUT2D eigenvalue weighted by molar-refractivity contribution is 5.93. The van der Waals surface area contributed by atoms with Crippen molar-refractivity contribution in [2.75, 3.05) is 19.6 Å².